The van der Waals surface area contributed by atoms with Gasteiger partial charge < -0.3 is 9.84 Å². The number of fused-ring (bicyclic) bond motifs is 1. The summed E-state index contributed by atoms with van der Waals surface area (Å²) in [6.45, 7) is 0.769. The Morgan fingerprint density at radius 2 is 1.95 bits per heavy atom. The number of hydrogen-bond acceptors (Lipinski definition) is 6. The summed E-state index contributed by atoms with van der Waals surface area (Å²) >= 11 is 0. The highest BCUT2D eigenvalue weighted by Gasteiger charge is 2.41. The first-order chi connectivity index (χ1) is 9.88. The quantitative estimate of drug-likeness (QED) is 0.488. The minimum Gasteiger partial charge on any atom is -0.507 e. The molecule has 1 N–H and O–H groups in total. The van der Waals surface area contributed by atoms with Gasteiger partial charge in [-0.05, 0) is 19.1 Å². The topological polar surface area (TPSA) is 101 Å². The van der Waals surface area contributed by atoms with Crippen LogP contribution < -0.4 is 0 Å². The van der Waals surface area contributed by atoms with Gasteiger partial charge in [0.15, 0.2) is 0 Å². The lowest BCUT2D eigenvalue weighted by Crippen LogP contribution is -2.40. The fraction of sp³-hybridized carbons (Fsp3) is 0.286. The van der Waals surface area contributed by atoms with E-state index in [9.17, 15) is 24.3 Å². The summed E-state index contributed by atoms with van der Waals surface area (Å²) in [6, 6.07) is 4.12. The zero-order valence-electron chi connectivity index (χ0n) is 11.5. The highest BCUT2D eigenvalue weighted by molar-refractivity contribution is 6.22. The van der Waals surface area contributed by atoms with Gasteiger partial charge in [0, 0.05) is 6.54 Å². The Morgan fingerprint density at radius 1 is 1.29 bits per heavy atom. The molecule has 0 aliphatic carbocycles. The molecule has 0 radical (unpaired) electrons. The number of aromatic hydroxyl groups is 1. The van der Waals surface area contributed by atoms with E-state index >= 15 is 0 Å². The molecule has 1 atom stereocenters. The van der Waals surface area contributed by atoms with E-state index in [-0.39, 0.29) is 16.9 Å². The summed E-state index contributed by atoms with van der Waals surface area (Å²) < 4.78 is 4.50. The molecule has 1 aliphatic heterocycles. The fourth-order valence-electron chi connectivity index (χ4n) is 2.18. The van der Waals surface area contributed by atoms with Crippen LogP contribution in [0.4, 0.5) is 0 Å². The van der Waals surface area contributed by atoms with Crippen molar-refractivity contribution < 1.29 is 29.0 Å². The van der Waals surface area contributed by atoms with Gasteiger partial charge in [-0.25, -0.2) is 0 Å². The monoisotopic (exact) mass is 291 g/mol. The van der Waals surface area contributed by atoms with E-state index in [1.807, 2.05) is 0 Å². The Bertz CT molecular complexity index is 651. The number of hydrogen-bond donors (Lipinski definition) is 1. The predicted molar refractivity (Wildman–Crippen MR) is 69.7 cm³/mol. The highest BCUT2D eigenvalue weighted by atomic mass is 16.5. The number of methoxy groups -OCH3 is 1. The van der Waals surface area contributed by atoms with Gasteiger partial charge in [-0.1, -0.05) is 6.07 Å². The van der Waals surface area contributed by atoms with E-state index in [4.69, 9.17) is 0 Å². The van der Waals surface area contributed by atoms with Gasteiger partial charge in [0.05, 0.1) is 18.2 Å². The molecule has 7 nitrogen and oxygen atoms in total. The number of phenols is 1. The second kappa shape index (κ2) is 5.35. The molecule has 2 amide bonds. The van der Waals surface area contributed by atoms with Crippen molar-refractivity contribution in [3.05, 3.63) is 29.3 Å². The zero-order chi connectivity index (χ0) is 15.7. The van der Waals surface area contributed by atoms with Crippen molar-refractivity contribution in [3.63, 3.8) is 0 Å². The van der Waals surface area contributed by atoms with Crippen LogP contribution in [0.2, 0.25) is 0 Å². The lowest BCUT2D eigenvalue weighted by molar-refractivity contribution is -0.149. The van der Waals surface area contributed by atoms with Crippen molar-refractivity contribution in [3.8, 4) is 5.75 Å². The molecule has 2 rings (SSSR count). The molecule has 1 aromatic rings. The average molecular weight is 291 g/mol. The van der Waals surface area contributed by atoms with Crippen LogP contribution in [0.5, 0.6) is 5.75 Å². The fourth-order valence-corrected chi connectivity index (χ4v) is 2.18. The summed E-state index contributed by atoms with van der Waals surface area (Å²) in [5.74, 6) is -4.26. The molecule has 1 aliphatic rings. The first kappa shape index (κ1) is 14.7. The van der Waals surface area contributed by atoms with Crippen LogP contribution in [-0.2, 0) is 14.3 Å². The molecule has 0 fully saturated rings. The molecule has 0 saturated heterocycles. The largest absolute Gasteiger partial charge is 0.507 e. The molecular weight excluding hydrogens is 278 g/mol. The van der Waals surface area contributed by atoms with Crippen LogP contribution in [0.3, 0.4) is 0 Å². The number of benzene rings is 1. The van der Waals surface area contributed by atoms with Crippen molar-refractivity contribution in [2.24, 2.45) is 5.92 Å². The lowest BCUT2D eigenvalue weighted by Gasteiger charge is -2.18. The molecule has 21 heavy (non-hydrogen) atoms. The van der Waals surface area contributed by atoms with Gasteiger partial charge in [0.1, 0.15) is 17.5 Å². The number of phenolic OH excluding ortho intramolecular Hbond substituents is 1. The van der Waals surface area contributed by atoms with Crippen LogP contribution in [0.25, 0.3) is 0 Å². The van der Waals surface area contributed by atoms with Crippen molar-refractivity contribution in [2.45, 2.75) is 6.92 Å². The number of imide groups is 1. The number of carbonyl (C=O) groups excluding carboxylic acids is 4. The molecule has 0 saturated carbocycles. The Balaban J connectivity index is 2.34. The maximum absolute atomic E-state index is 12.2. The van der Waals surface area contributed by atoms with E-state index in [0.717, 1.165) is 12.0 Å². The van der Waals surface area contributed by atoms with Gasteiger partial charge in [-0.2, -0.15) is 0 Å². The summed E-state index contributed by atoms with van der Waals surface area (Å²) in [5.41, 5.74) is -0.0677. The standard InChI is InChI=1S/C14H13NO6/c1-7(16)9(14(20)21-2)6-15-12(18)8-4-3-5-10(17)11(8)13(15)19/h3-5,9,17H,6H2,1-2H3. The van der Waals surface area contributed by atoms with Crippen LogP contribution >= 0.6 is 0 Å². The minimum atomic E-state index is -1.24. The number of ketones is 1. The van der Waals surface area contributed by atoms with Gasteiger partial charge in [-0.3, -0.25) is 24.1 Å². The smallest absolute Gasteiger partial charge is 0.318 e. The Labute approximate surface area is 120 Å². The number of nitrogens with zero attached hydrogens (tertiary/aromatic N) is 1. The number of esters is 1. The van der Waals surface area contributed by atoms with Crippen molar-refractivity contribution in [2.75, 3.05) is 13.7 Å². The molecule has 1 aromatic carbocycles. The van der Waals surface area contributed by atoms with Crippen LogP contribution in [0, 0.1) is 5.92 Å². The second-order valence-electron chi connectivity index (χ2n) is 4.61. The van der Waals surface area contributed by atoms with Crippen LogP contribution in [-0.4, -0.2) is 47.2 Å². The summed E-state index contributed by atoms with van der Waals surface area (Å²) in [7, 11) is 1.12. The van der Waals surface area contributed by atoms with E-state index in [2.05, 4.69) is 4.74 Å². The van der Waals surface area contributed by atoms with Crippen LogP contribution in [0.1, 0.15) is 27.6 Å². The maximum Gasteiger partial charge on any atom is 0.318 e. The van der Waals surface area contributed by atoms with Crippen molar-refractivity contribution in [1.82, 2.24) is 4.90 Å². The number of rotatable bonds is 4. The molecule has 1 heterocycles. The number of carbonyl (C=O) groups is 4. The van der Waals surface area contributed by atoms with E-state index in [1.165, 1.54) is 25.1 Å². The number of ether oxygens (including phenoxy) is 1. The third kappa shape index (κ3) is 2.37. The third-order valence-electron chi connectivity index (χ3n) is 3.32. The van der Waals surface area contributed by atoms with Crippen LogP contribution in [0.15, 0.2) is 18.2 Å². The predicted octanol–water partition coefficient (Wildman–Crippen LogP) is 0.366. The van der Waals surface area contributed by atoms with E-state index in [1.54, 1.807) is 0 Å². The van der Waals surface area contributed by atoms with Gasteiger partial charge in [0.25, 0.3) is 11.8 Å². The summed E-state index contributed by atoms with van der Waals surface area (Å²) in [4.78, 5) is 48.1. The van der Waals surface area contributed by atoms with Gasteiger partial charge in [-0.15, -0.1) is 0 Å². The Hall–Kier alpha value is -2.70. The van der Waals surface area contributed by atoms with Crippen molar-refractivity contribution >= 4 is 23.6 Å². The SMILES string of the molecule is COC(=O)C(CN1C(=O)c2cccc(O)c2C1=O)C(C)=O. The van der Waals surface area contributed by atoms with Gasteiger partial charge >= 0.3 is 5.97 Å². The summed E-state index contributed by atoms with van der Waals surface area (Å²) in [5, 5.41) is 9.68. The molecule has 0 aromatic heterocycles. The third-order valence-corrected chi connectivity index (χ3v) is 3.32. The lowest BCUT2D eigenvalue weighted by atomic mass is 10.1. The first-order valence-corrected chi connectivity index (χ1v) is 6.15. The Kier molecular flexibility index (Phi) is 3.75. The number of Topliss-reactive ketones (excluding diaryl/α,β-unsaturated/α-hetero) is 1. The Morgan fingerprint density at radius 3 is 2.48 bits per heavy atom. The van der Waals surface area contributed by atoms with E-state index < -0.39 is 36.0 Å². The highest BCUT2D eigenvalue weighted by Crippen LogP contribution is 2.30. The minimum absolute atomic E-state index is 0.0483. The first-order valence-electron chi connectivity index (χ1n) is 6.15. The molecule has 0 bridgehead atoms. The number of amides is 2. The van der Waals surface area contributed by atoms with E-state index in [0.29, 0.717) is 0 Å². The second-order valence-corrected chi connectivity index (χ2v) is 4.61. The molecule has 1 unspecified atom stereocenters. The maximum atomic E-state index is 12.2. The summed E-state index contributed by atoms with van der Waals surface area (Å²) in [6.07, 6.45) is 0. The molecule has 7 heteroatoms. The normalized spacial score (nSPS) is 14.9. The van der Waals surface area contributed by atoms with Gasteiger partial charge in [0.2, 0.25) is 0 Å². The van der Waals surface area contributed by atoms with Crippen molar-refractivity contribution in [1.29, 1.82) is 0 Å². The average Bonchev–Trinajstić information content (AvgIpc) is 2.68. The molecule has 0 spiro atoms. The molecule has 110 valence electrons. The zero-order valence-corrected chi connectivity index (χ0v) is 11.5. The molecular formula is C14H13NO6.